The summed E-state index contributed by atoms with van der Waals surface area (Å²) in [6.07, 6.45) is 4.20. The van der Waals surface area contributed by atoms with Crippen LogP contribution in [0.1, 0.15) is 25.1 Å². The molecule has 1 N–H and O–H groups in total. The van der Waals surface area contributed by atoms with E-state index in [1.807, 2.05) is 13.2 Å². The van der Waals surface area contributed by atoms with E-state index in [1.54, 1.807) is 0 Å². The van der Waals surface area contributed by atoms with Crippen molar-refractivity contribution < 1.29 is 4.74 Å². The molecule has 0 saturated carbocycles. The second kappa shape index (κ2) is 7.72. The Hall–Kier alpha value is -0.970. The number of morpholine rings is 1. The summed E-state index contributed by atoms with van der Waals surface area (Å²) in [4.78, 5) is 7.01. The molecule has 0 spiro atoms. The molecule has 1 aromatic heterocycles. The second-order valence-electron chi connectivity index (χ2n) is 5.41. The summed E-state index contributed by atoms with van der Waals surface area (Å²) in [5.41, 5.74) is 2.43. The Morgan fingerprint density at radius 1 is 1.45 bits per heavy atom. The summed E-state index contributed by atoms with van der Waals surface area (Å²) >= 11 is 0. The standard InChI is InChI=1S/C16H27N3O/c1-4-13-6-7-14(18-11-13)10-15(17-3)16-12-19(5-2)8-9-20-16/h6-7,11,15-17H,4-5,8-10,12H2,1-3H3. The number of aryl methyl sites for hydroxylation is 1. The molecule has 0 bridgehead atoms. The Morgan fingerprint density at radius 2 is 2.30 bits per heavy atom. The number of hydrogen-bond acceptors (Lipinski definition) is 4. The molecule has 1 aromatic rings. The SMILES string of the molecule is CCc1ccc(CC(NC)C2CN(CC)CCO2)nc1. The van der Waals surface area contributed by atoms with Crippen LogP contribution in [0.3, 0.4) is 0 Å². The first-order valence-corrected chi connectivity index (χ1v) is 7.71. The van der Waals surface area contributed by atoms with Gasteiger partial charge in [0.25, 0.3) is 0 Å². The van der Waals surface area contributed by atoms with Gasteiger partial charge in [0.05, 0.1) is 12.7 Å². The van der Waals surface area contributed by atoms with Crippen LogP contribution in [0, 0.1) is 0 Å². The van der Waals surface area contributed by atoms with Crippen LogP contribution >= 0.6 is 0 Å². The number of rotatable bonds is 6. The van der Waals surface area contributed by atoms with E-state index in [2.05, 4.69) is 41.2 Å². The molecule has 0 amide bonds. The summed E-state index contributed by atoms with van der Waals surface area (Å²) in [5.74, 6) is 0. The van der Waals surface area contributed by atoms with Crippen LogP contribution in [-0.2, 0) is 17.6 Å². The average molecular weight is 277 g/mol. The summed E-state index contributed by atoms with van der Waals surface area (Å²) in [7, 11) is 2.01. The van der Waals surface area contributed by atoms with Crippen molar-refractivity contribution in [2.75, 3.05) is 33.3 Å². The van der Waals surface area contributed by atoms with Gasteiger partial charge >= 0.3 is 0 Å². The molecule has 1 fully saturated rings. The fraction of sp³-hybridized carbons (Fsp3) is 0.688. The van der Waals surface area contributed by atoms with Gasteiger partial charge in [-0.1, -0.05) is 19.9 Å². The van der Waals surface area contributed by atoms with Gasteiger partial charge in [-0.15, -0.1) is 0 Å². The predicted molar refractivity (Wildman–Crippen MR) is 82.0 cm³/mol. The number of ether oxygens (including phenoxy) is 1. The number of likely N-dealkylation sites (N-methyl/N-ethyl adjacent to an activating group) is 2. The Bertz CT molecular complexity index is 393. The number of aromatic nitrogens is 1. The first-order chi connectivity index (χ1) is 9.76. The fourth-order valence-corrected chi connectivity index (χ4v) is 2.69. The molecule has 0 aromatic carbocycles. The highest BCUT2D eigenvalue weighted by Crippen LogP contribution is 2.13. The molecule has 1 saturated heterocycles. The zero-order chi connectivity index (χ0) is 14.4. The number of nitrogens with one attached hydrogen (secondary N) is 1. The Labute approximate surface area is 122 Å². The lowest BCUT2D eigenvalue weighted by atomic mass is 10.0. The van der Waals surface area contributed by atoms with Crippen molar-refractivity contribution in [3.8, 4) is 0 Å². The maximum absolute atomic E-state index is 5.95. The Kier molecular flexibility index (Phi) is 5.95. The summed E-state index contributed by atoms with van der Waals surface area (Å²) in [5, 5.41) is 3.40. The van der Waals surface area contributed by atoms with Crippen molar-refractivity contribution in [1.82, 2.24) is 15.2 Å². The van der Waals surface area contributed by atoms with Gasteiger partial charge in [-0.3, -0.25) is 9.88 Å². The molecule has 0 aliphatic carbocycles. The summed E-state index contributed by atoms with van der Waals surface area (Å²) in [6.45, 7) is 8.35. The Balaban J connectivity index is 1.96. The van der Waals surface area contributed by atoms with E-state index in [0.29, 0.717) is 6.04 Å². The van der Waals surface area contributed by atoms with Gasteiger partial charge in [-0.05, 0) is 31.6 Å². The van der Waals surface area contributed by atoms with E-state index in [0.717, 1.165) is 44.8 Å². The molecule has 20 heavy (non-hydrogen) atoms. The van der Waals surface area contributed by atoms with E-state index in [-0.39, 0.29) is 6.10 Å². The minimum Gasteiger partial charge on any atom is -0.374 e. The summed E-state index contributed by atoms with van der Waals surface area (Å²) < 4.78 is 5.95. The maximum atomic E-state index is 5.95. The first-order valence-electron chi connectivity index (χ1n) is 7.71. The maximum Gasteiger partial charge on any atom is 0.0858 e. The Morgan fingerprint density at radius 3 is 2.90 bits per heavy atom. The molecular formula is C16H27N3O. The molecule has 1 aliphatic heterocycles. The van der Waals surface area contributed by atoms with E-state index >= 15 is 0 Å². The van der Waals surface area contributed by atoms with Crippen molar-refractivity contribution in [3.63, 3.8) is 0 Å². The molecule has 2 heterocycles. The third-order valence-electron chi connectivity index (χ3n) is 4.17. The quantitative estimate of drug-likeness (QED) is 0.855. The van der Waals surface area contributed by atoms with Gasteiger partial charge in [0, 0.05) is 37.4 Å². The van der Waals surface area contributed by atoms with Crippen LogP contribution in [0.2, 0.25) is 0 Å². The van der Waals surface area contributed by atoms with E-state index < -0.39 is 0 Å². The van der Waals surface area contributed by atoms with Crippen LogP contribution in [0.25, 0.3) is 0 Å². The topological polar surface area (TPSA) is 37.4 Å². The molecule has 2 rings (SSSR count). The van der Waals surface area contributed by atoms with Gasteiger partial charge < -0.3 is 10.1 Å². The highest BCUT2D eigenvalue weighted by Gasteiger charge is 2.26. The van der Waals surface area contributed by atoms with Gasteiger partial charge in [0.1, 0.15) is 0 Å². The lowest BCUT2D eigenvalue weighted by Gasteiger charge is -2.36. The van der Waals surface area contributed by atoms with Crippen LogP contribution in [0.4, 0.5) is 0 Å². The highest BCUT2D eigenvalue weighted by molar-refractivity contribution is 5.15. The zero-order valence-electron chi connectivity index (χ0n) is 12.9. The molecule has 2 unspecified atom stereocenters. The minimum atomic E-state index is 0.251. The van der Waals surface area contributed by atoms with Crippen LogP contribution in [0.15, 0.2) is 18.3 Å². The van der Waals surface area contributed by atoms with Crippen molar-refractivity contribution in [1.29, 1.82) is 0 Å². The molecule has 1 aliphatic rings. The van der Waals surface area contributed by atoms with Gasteiger partial charge in [-0.2, -0.15) is 0 Å². The highest BCUT2D eigenvalue weighted by atomic mass is 16.5. The monoisotopic (exact) mass is 277 g/mol. The van der Waals surface area contributed by atoms with Gasteiger partial charge in [-0.25, -0.2) is 0 Å². The van der Waals surface area contributed by atoms with Crippen molar-refractivity contribution in [2.24, 2.45) is 0 Å². The van der Waals surface area contributed by atoms with Crippen LogP contribution < -0.4 is 5.32 Å². The molecular weight excluding hydrogens is 250 g/mol. The minimum absolute atomic E-state index is 0.251. The normalized spacial score (nSPS) is 21.9. The van der Waals surface area contributed by atoms with Crippen LogP contribution in [0.5, 0.6) is 0 Å². The van der Waals surface area contributed by atoms with E-state index in [4.69, 9.17) is 4.74 Å². The molecule has 112 valence electrons. The first kappa shape index (κ1) is 15.4. The predicted octanol–water partition coefficient (Wildman–Crippen LogP) is 1.50. The lowest BCUT2D eigenvalue weighted by molar-refractivity contribution is -0.0437. The number of pyridine rings is 1. The third-order valence-corrected chi connectivity index (χ3v) is 4.17. The smallest absolute Gasteiger partial charge is 0.0858 e. The fourth-order valence-electron chi connectivity index (χ4n) is 2.69. The van der Waals surface area contributed by atoms with Crippen molar-refractivity contribution in [3.05, 3.63) is 29.6 Å². The van der Waals surface area contributed by atoms with E-state index in [1.165, 1.54) is 5.56 Å². The largest absolute Gasteiger partial charge is 0.374 e. The summed E-state index contributed by atoms with van der Waals surface area (Å²) in [6, 6.07) is 4.64. The van der Waals surface area contributed by atoms with Gasteiger partial charge in [0.15, 0.2) is 0 Å². The molecule has 4 heteroatoms. The van der Waals surface area contributed by atoms with Crippen molar-refractivity contribution in [2.45, 2.75) is 38.8 Å². The van der Waals surface area contributed by atoms with Gasteiger partial charge in [0.2, 0.25) is 0 Å². The zero-order valence-corrected chi connectivity index (χ0v) is 12.9. The third kappa shape index (κ3) is 4.01. The number of hydrogen-bond donors (Lipinski definition) is 1. The lowest BCUT2D eigenvalue weighted by Crippen LogP contribution is -2.52. The second-order valence-corrected chi connectivity index (χ2v) is 5.41. The van der Waals surface area contributed by atoms with Crippen molar-refractivity contribution >= 4 is 0 Å². The van der Waals surface area contributed by atoms with E-state index in [9.17, 15) is 0 Å². The number of nitrogens with zero attached hydrogens (tertiary/aromatic N) is 2. The van der Waals surface area contributed by atoms with Crippen LogP contribution in [-0.4, -0.2) is 55.3 Å². The molecule has 2 atom stereocenters. The average Bonchev–Trinajstić information content (AvgIpc) is 2.53. The molecule has 4 nitrogen and oxygen atoms in total. The molecule has 0 radical (unpaired) electrons.